The second kappa shape index (κ2) is 6.45. The molecule has 14 heavy (non-hydrogen) atoms. The Morgan fingerprint density at radius 2 is 1.93 bits per heavy atom. The molecule has 0 aliphatic carbocycles. The predicted molar refractivity (Wildman–Crippen MR) is 45.1 cm³/mol. The van der Waals surface area contributed by atoms with Crippen molar-refractivity contribution in [2.24, 2.45) is 5.92 Å². The molecule has 0 radical (unpaired) electrons. The van der Waals surface area contributed by atoms with Crippen LogP contribution in [0.15, 0.2) is 12.1 Å². The van der Waals surface area contributed by atoms with Gasteiger partial charge in [0.2, 0.25) is 0 Å². The molecule has 0 amide bonds. The molecular weight excluding hydrogens is 197 g/mol. The summed E-state index contributed by atoms with van der Waals surface area (Å²) in [5.74, 6) is -1.51. The van der Waals surface area contributed by atoms with E-state index in [1.165, 1.54) is 6.92 Å². The van der Waals surface area contributed by atoms with Crippen molar-refractivity contribution in [3.8, 4) is 0 Å². The van der Waals surface area contributed by atoms with Crippen molar-refractivity contribution >= 4 is 5.97 Å². The van der Waals surface area contributed by atoms with Crippen molar-refractivity contribution in [2.75, 3.05) is 0 Å². The molecular formula is C9H13F3O2. The van der Waals surface area contributed by atoms with Crippen LogP contribution in [0.5, 0.6) is 0 Å². The second-order valence-electron chi connectivity index (χ2n) is 3.00. The fraction of sp³-hybridized carbons (Fsp3) is 0.667. The minimum absolute atomic E-state index is 0.510. The van der Waals surface area contributed by atoms with Crippen molar-refractivity contribution in [1.82, 2.24) is 0 Å². The van der Waals surface area contributed by atoms with Gasteiger partial charge in [0, 0.05) is 0 Å². The topological polar surface area (TPSA) is 26.3 Å². The van der Waals surface area contributed by atoms with Gasteiger partial charge in [-0.25, -0.2) is 0 Å². The number of hydrogen-bond acceptors (Lipinski definition) is 2. The van der Waals surface area contributed by atoms with Gasteiger partial charge in [0.1, 0.15) is 0 Å². The van der Waals surface area contributed by atoms with Gasteiger partial charge in [0.15, 0.2) is 0 Å². The highest BCUT2D eigenvalue weighted by Gasteiger charge is 2.18. The van der Waals surface area contributed by atoms with Crippen LogP contribution in [-0.2, 0) is 9.53 Å². The van der Waals surface area contributed by atoms with Gasteiger partial charge in [-0.15, -0.1) is 0 Å². The van der Waals surface area contributed by atoms with Crippen LogP contribution >= 0.6 is 0 Å². The van der Waals surface area contributed by atoms with Crippen LogP contribution in [0.25, 0.3) is 0 Å². The SMILES string of the molecule is CCCCC(C)C(=O)OC(F)=C(F)F. The fourth-order valence-corrected chi connectivity index (χ4v) is 0.856. The second-order valence-corrected chi connectivity index (χ2v) is 3.00. The molecule has 2 nitrogen and oxygen atoms in total. The lowest BCUT2D eigenvalue weighted by Gasteiger charge is -2.08. The first-order valence-corrected chi connectivity index (χ1v) is 4.41. The molecule has 82 valence electrons. The first kappa shape index (κ1) is 13.0. The van der Waals surface area contributed by atoms with E-state index in [4.69, 9.17) is 0 Å². The quantitative estimate of drug-likeness (QED) is 0.513. The van der Waals surface area contributed by atoms with E-state index in [0.717, 1.165) is 12.8 Å². The summed E-state index contributed by atoms with van der Waals surface area (Å²) in [5, 5.41) is 0. The number of unbranched alkanes of at least 4 members (excludes halogenated alkanes) is 1. The van der Waals surface area contributed by atoms with Crippen molar-refractivity contribution in [3.63, 3.8) is 0 Å². The molecule has 0 aromatic rings. The van der Waals surface area contributed by atoms with E-state index in [1.54, 1.807) is 0 Å². The molecule has 0 heterocycles. The number of rotatable bonds is 5. The third-order valence-electron chi connectivity index (χ3n) is 1.73. The maximum absolute atomic E-state index is 12.1. The highest BCUT2D eigenvalue weighted by molar-refractivity contribution is 5.72. The molecule has 0 saturated heterocycles. The summed E-state index contributed by atoms with van der Waals surface area (Å²) in [4.78, 5) is 10.9. The van der Waals surface area contributed by atoms with E-state index < -0.39 is 24.0 Å². The van der Waals surface area contributed by atoms with Crippen molar-refractivity contribution in [2.45, 2.75) is 33.1 Å². The maximum atomic E-state index is 12.1. The predicted octanol–water partition coefficient (Wildman–Crippen LogP) is 3.39. The average molecular weight is 210 g/mol. The standard InChI is InChI=1S/C9H13F3O2/c1-3-4-5-6(2)9(13)14-8(12)7(10)11/h6H,3-5H2,1-2H3. The van der Waals surface area contributed by atoms with E-state index >= 15 is 0 Å². The van der Waals surface area contributed by atoms with Gasteiger partial charge in [0.05, 0.1) is 5.92 Å². The van der Waals surface area contributed by atoms with E-state index in [1.807, 2.05) is 6.92 Å². The van der Waals surface area contributed by atoms with Gasteiger partial charge >= 0.3 is 18.1 Å². The number of ether oxygens (including phenoxy) is 1. The lowest BCUT2D eigenvalue weighted by Crippen LogP contribution is -2.13. The van der Waals surface area contributed by atoms with E-state index in [0.29, 0.717) is 6.42 Å². The summed E-state index contributed by atoms with van der Waals surface area (Å²) in [6, 6.07) is -2.10. The Bertz CT molecular complexity index is 222. The van der Waals surface area contributed by atoms with E-state index in [-0.39, 0.29) is 0 Å². The summed E-state index contributed by atoms with van der Waals surface area (Å²) in [6.07, 6.45) is -0.440. The Hall–Kier alpha value is -1.00. The third-order valence-corrected chi connectivity index (χ3v) is 1.73. The molecule has 0 aliphatic rings. The normalized spacial score (nSPS) is 12.1. The van der Waals surface area contributed by atoms with Crippen molar-refractivity contribution in [3.05, 3.63) is 12.1 Å². The molecule has 0 bridgehead atoms. The van der Waals surface area contributed by atoms with Gasteiger partial charge in [-0.1, -0.05) is 26.7 Å². The summed E-state index contributed by atoms with van der Waals surface area (Å²) < 4.78 is 39.0. The number of hydrogen-bond donors (Lipinski definition) is 0. The highest BCUT2D eigenvalue weighted by atomic mass is 19.3. The first-order chi connectivity index (χ1) is 6.49. The van der Waals surface area contributed by atoms with E-state index in [2.05, 4.69) is 4.74 Å². The fourth-order valence-electron chi connectivity index (χ4n) is 0.856. The Morgan fingerprint density at radius 3 is 2.36 bits per heavy atom. The lowest BCUT2D eigenvalue weighted by molar-refractivity contribution is -0.146. The van der Waals surface area contributed by atoms with Gasteiger partial charge in [-0.05, 0) is 6.42 Å². The summed E-state index contributed by atoms with van der Waals surface area (Å²) >= 11 is 0. The van der Waals surface area contributed by atoms with Crippen LogP contribution in [0.1, 0.15) is 33.1 Å². The van der Waals surface area contributed by atoms with Gasteiger partial charge < -0.3 is 4.74 Å². The molecule has 1 unspecified atom stereocenters. The van der Waals surface area contributed by atoms with Crippen LogP contribution in [0, 0.1) is 5.92 Å². The highest BCUT2D eigenvalue weighted by Crippen LogP contribution is 2.15. The van der Waals surface area contributed by atoms with Crippen molar-refractivity contribution < 1.29 is 22.7 Å². The monoisotopic (exact) mass is 210 g/mol. The van der Waals surface area contributed by atoms with Gasteiger partial charge in [-0.3, -0.25) is 4.79 Å². The summed E-state index contributed by atoms with van der Waals surface area (Å²) in [7, 11) is 0. The number of carbonyl (C=O) groups is 1. The lowest BCUT2D eigenvalue weighted by atomic mass is 10.1. The minimum Gasteiger partial charge on any atom is -0.394 e. The molecule has 0 saturated carbocycles. The minimum atomic E-state index is -2.61. The van der Waals surface area contributed by atoms with Crippen molar-refractivity contribution in [1.29, 1.82) is 0 Å². The number of carbonyl (C=O) groups excluding carboxylic acids is 1. The maximum Gasteiger partial charge on any atom is 0.347 e. The summed E-state index contributed by atoms with van der Waals surface area (Å²) in [6.45, 7) is 3.45. The third kappa shape index (κ3) is 4.89. The Morgan fingerprint density at radius 1 is 1.36 bits per heavy atom. The first-order valence-electron chi connectivity index (χ1n) is 4.41. The van der Waals surface area contributed by atoms with Crippen LogP contribution in [-0.4, -0.2) is 5.97 Å². The van der Waals surface area contributed by atoms with Gasteiger partial charge in [-0.2, -0.15) is 13.2 Å². The zero-order valence-electron chi connectivity index (χ0n) is 8.15. The molecule has 5 heteroatoms. The van der Waals surface area contributed by atoms with Crippen LogP contribution in [0.2, 0.25) is 0 Å². The molecule has 0 spiro atoms. The zero-order valence-corrected chi connectivity index (χ0v) is 8.15. The molecule has 1 atom stereocenters. The molecule has 0 aromatic carbocycles. The average Bonchev–Trinajstić information content (AvgIpc) is 2.13. The Balaban J connectivity index is 4.02. The summed E-state index contributed by atoms with van der Waals surface area (Å²) in [5.41, 5.74) is 0. The van der Waals surface area contributed by atoms with Gasteiger partial charge in [0.25, 0.3) is 0 Å². The smallest absolute Gasteiger partial charge is 0.347 e. The molecule has 0 rings (SSSR count). The van der Waals surface area contributed by atoms with Crippen LogP contribution in [0.3, 0.4) is 0 Å². The van der Waals surface area contributed by atoms with E-state index in [9.17, 15) is 18.0 Å². The number of halogens is 3. The Kier molecular flexibility index (Phi) is 5.99. The largest absolute Gasteiger partial charge is 0.394 e. The molecule has 0 N–H and O–H groups in total. The molecule has 0 fully saturated rings. The molecule has 0 aromatic heterocycles. The number of esters is 1. The molecule has 0 aliphatic heterocycles. The Labute approximate surface area is 80.7 Å². The zero-order chi connectivity index (χ0) is 11.1. The van der Waals surface area contributed by atoms with Crippen LogP contribution in [0.4, 0.5) is 13.2 Å². The van der Waals surface area contributed by atoms with Crippen LogP contribution < -0.4 is 0 Å².